The van der Waals surface area contributed by atoms with Crippen molar-refractivity contribution in [2.75, 3.05) is 18.0 Å². The van der Waals surface area contributed by atoms with E-state index >= 15 is 0 Å². The zero-order valence-corrected chi connectivity index (χ0v) is 12.9. The standard InChI is InChI=1S/C17H29NO/c1-14(2)9-11-18(12-10-15(3)4)17-8-6-5-7-16(17)13-19/h5-8,14-15,19H,9-13H2,1-4H3. The summed E-state index contributed by atoms with van der Waals surface area (Å²) in [6.07, 6.45) is 2.38. The molecule has 0 radical (unpaired) electrons. The van der Waals surface area contributed by atoms with Crippen LogP contribution >= 0.6 is 0 Å². The predicted molar refractivity (Wildman–Crippen MR) is 83.5 cm³/mol. The van der Waals surface area contributed by atoms with E-state index in [1.165, 1.54) is 18.5 Å². The number of aliphatic hydroxyl groups excluding tert-OH is 1. The highest BCUT2D eigenvalue weighted by Gasteiger charge is 2.11. The van der Waals surface area contributed by atoms with E-state index in [9.17, 15) is 5.11 Å². The zero-order valence-electron chi connectivity index (χ0n) is 12.9. The molecule has 0 saturated heterocycles. The summed E-state index contributed by atoms with van der Waals surface area (Å²) < 4.78 is 0. The molecule has 0 unspecified atom stereocenters. The molecule has 0 bridgehead atoms. The van der Waals surface area contributed by atoms with Crippen LogP contribution in [-0.2, 0) is 6.61 Å². The van der Waals surface area contributed by atoms with Crippen molar-refractivity contribution in [3.63, 3.8) is 0 Å². The van der Waals surface area contributed by atoms with Gasteiger partial charge >= 0.3 is 0 Å². The van der Waals surface area contributed by atoms with Gasteiger partial charge in [0.05, 0.1) is 6.61 Å². The normalized spacial score (nSPS) is 11.3. The first-order valence-corrected chi connectivity index (χ1v) is 7.48. The van der Waals surface area contributed by atoms with Crippen molar-refractivity contribution in [1.82, 2.24) is 0 Å². The van der Waals surface area contributed by atoms with Crippen LogP contribution in [0.3, 0.4) is 0 Å². The van der Waals surface area contributed by atoms with Gasteiger partial charge in [-0.1, -0.05) is 45.9 Å². The van der Waals surface area contributed by atoms with Gasteiger partial charge in [-0.15, -0.1) is 0 Å². The fraction of sp³-hybridized carbons (Fsp3) is 0.647. The van der Waals surface area contributed by atoms with Gasteiger partial charge in [-0.2, -0.15) is 0 Å². The van der Waals surface area contributed by atoms with E-state index in [1.807, 2.05) is 12.1 Å². The zero-order chi connectivity index (χ0) is 14.3. The van der Waals surface area contributed by atoms with Gasteiger partial charge in [-0.05, 0) is 30.7 Å². The molecule has 1 N–H and O–H groups in total. The highest BCUT2D eigenvalue weighted by Crippen LogP contribution is 2.22. The lowest BCUT2D eigenvalue weighted by molar-refractivity contribution is 0.282. The number of hydrogen-bond donors (Lipinski definition) is 1. The monoisotopic (exact) mass is 263 g/mol. The number of benzene rings is 1. The number of para-hydroxylation sites is 1. The van der Waals surface area contributed by atoms with Crippen LogP contribution in [0.1, 0.15) is 46.1 Å². The summed E-state index contributed by atoms with van der Waals surface area (Å²) in [7, 11) is 0. The van der Waals surface area contributed by atoms with Gasteiger partial charge in [0.2, 0.25) is 0 Å². The predicted octanol–water partition coefficient (Wildman–Crippen LogP) is 4.08. The second-order valence-corrected chi connectivity index (χ2v) is 6.14. The maximum Gasteiger partial charge on any atom is 0.0702 e. The number of anilines is 1. The lowest BCUT2D eigenvalue weighted by Crippen LogP contribution is -2.28. The molecule has 108 valence electrons. The maximum absolute atomic E-state index is 9.50. The molecule has 2 heteroatoms. The van der Waals surface area contributed by atoms with E-state index < -0.39 is 0 Å². The SMILES string of the molecule is CC(C)CCN(CCC(C)C)c1ccccc1CO. The number of rotatable bonds is 8. The summed E-state index contributed by atoms with van der Waals surface area (Å²) in [6.45, 7) is 11.3. The Hall–Kier alpha value is -1.02. The third-order valence-electron chi connectivity index (χ3n) is 3.46. The minimum atomic E-state index is 0.121. The highest BCUT2D eigenvalue weighted by molar-refractivity contribution is 5.53. The Labute approximate surface area is 118 Å². The molecule has 19 heavy (non-hydrogen) atoms. The first-order chi connectivity index (χ1) is 9.04. The third kappa shape index (κ3) is 5.65. The van der Waals surface area contributed by atoms with Crippen LogP contribution in [0, 0.1) is 11.8 Å². The number of nitrogens with zero attached hydrogens (tertiary/aromatic N) is 1. The lowest BCUT2D eigenvalue weighted by Gasteiger charge is -2.28. The number of hydrogen-bond acceptors (Lipinski definition) is 2. The van der Waals surface area contributed by atoms with Gasteiger partial charge in [-0.25, -0.2) is 0 Å². The fourth-order valence-electron chi connectivity index (χ4n) is 2.13. The lowest BCUT2D eigenvalue weighted by atomic mass is 10.1. The second-order valence-electron chi connectivity index (χ2n) is 6.14. The number of aliphatic hydroxyl groups is 1. The molecule has 1 aromatic carbocycles. The van der Waals surface area contributed by atoms with Crippen molar-refractivity contribution in [3.8, 4) is 0 Å². The summed E-state index contributed by atoms with van der Waals surface area (Å²) in [5.41, 5.74) is 2.24. The van der Waals surface area contributed by atoms with Crippen molar-refractivity contribution in [2.45, 2.75) is 47.1 Å². The van der Waals surface area contributed by atoms with E-state index in [0.29, 0.717) is 11.8 Å². The molecule has 1 rings (SSSR count). The summed E-state index contributed by atoms with van der Waals surface area (Å²) in [5.74, 6) is 1.42. The summed E-state index contributed by atoms with van der Waals surface area (Å²) in [6, 6.07) is 8.21. The topological polar surface area (TPSA) is 23.5 Å². The Morgan fingerprint density at radius 2 is 1.47 bits per heavy atom. The summed E-state index contributed by atoms with van der Waals surface area (Å²) in [4.78, 5) is 2.44. The van der Waals surface area contributed by atoms with Gasteiger partial charge in [-0.3, -0.25) is 0 Å². The Morgan fingerprint density at radius 3 is 1.95 bits per heavy atom. The molecule has 0 aromatic heterocycles. The van der Waals surface area contributed by atoms with Crippen LogP contribution in [0.15, 0.2) is 24.3 Å². The maximum atomic E-state index is 9.50. The second kappa shape index (κ2) is 8.21. The minimum absolute atomic E-state index is 0.121. The van der Waals surface area contributed by atoms with E-state index in [0.717, 1.165) is 18.7 Å². The van der Waals surface area contributed by atoms with Gasteiger partial charge in [0.15, 0.2) is 0 Å². The van der Waals surface area contributed by atoms with Crippen molar-refractivity contribution < 1.29 is 5.11 Å². The van der Waals surface area contributed by atoms with Crippen molar-refractivity contribution in [2.24, 2.45) is 11.8 Å². The van der Waals surface area contributed by atoms with Gasteiger partial charge < -0.3 is 10.0 Å². The van der Waals surface area contributed by atoms with Crippen LogP contribution in [-0.4, -0.2) is 18.2 Å². The van der Waals surface area contributed by atoms with Gasteiger partial charge in [0.25, 0.3) is 0 Å². The highest BCUT2D eigenvalue weighted by atomic mass is 16.3. The molecule has 0 heterocycles. The molecule has 0 atom stereocenters. The molecule has 0 aliphatic rings. The van der Waals surface area contributed by atoms with E-state index in [1.54, 1.807) is 0 Å². The average Bonchev–Trinajstić information content (AvgIpc) is 2.38. The summed E-state index contributed by atoms with van der Waals surface area (Å²) >= 11 is 0. The van der Waals surface area contributed by atoms with Crippen LogP contribution in [0.5, 0.6) is 0 Å². The Balaban J connectivity index is 2.81. The molecular weight excluding hydrogens is 234 g/mol. The third-order valence-corrected chi connectivity index (χ3v) is 3.46. The van der Waals surface area contributed by atoms with Gasteiger partial charge in [0, 0.05) is 24.3 Å². The molecule has 1 aromatic rings. The van der Waals surface area contributed by atoms with Crippen molar-refractivity contribution in [3.05, 3.63) is 29.8 Å². The molecule has 2 nitrogen and oxygen atoms in total. The van der Waals surface area contributed by atoms with Gasteiger partial charge in [0.1, 0.15) is 0 Å². The summed E-state index contributed by atoms with van der Waals surface area (Å²) in [5, 5.41) is 9.50. The largest absolute Gasteiger partial charge is 0.392 e. The Kier molecular flexibility index (Phi) is 6.93. The van der Waals surface area contributed by atoms with Crippen LogP contribution in [0.2, 0.25) is 0 Å². The van der Waals surface area contributed by atoms with E-state index in [-0.39, 0.29) is 6.61 Å². The molecule has 0 spiro atoms. The minimum Gasteiger partial charge on any atom is -0.392 e. The molecule has 0 aliphatic carbocycles. The van der Waals surface area contributed by atoms with Crippen LogP contribution < -0.4 is 4.90 Å². The Morgan fingerprint density at radius 1 is 0.947 bits per heavy atom. The molecule has 0 saturated carbocycles. The van der Waals surface area contributed by atoms with Crippen molar-refractivity contribution in [1.29, 1.82) is 0 Å². The van der Waals surface area contributed by atoms with Crippen LogP contribution in [0.25, 0.3) is 0 Å². The van der Waals surface area contributed by atoms with E-state index in [2.05, 4.69) is 44.7 Å². The van der Waals surface area contributed by atoms with E-state index in [4.69, 9.17) is 0 Å². The fourth-order valence-corrected chi connectivity index (χ4v) is 2.13. The van der Waals surface area contributed by atoms with Crippen molar-refractivity contribution >= 4 is 5.69 Å². The van der Waals surface area contributed by atoms with Crippen LogP contribution in [0.4, 0.5) is 5.69 Å². The molecule has 0 aliphatic heterocycles. The first-order valence-electron chi connectivity index (χ1n) is 7.48. The average molecular weight is 263 g/mol. The molecule has 0 amide bonds. The molecule has 0 fully saturated rings. The first kappa shape index (κ1) is 16.0. The smallest absolute Gasteiger partial charge is 0.0702 e. The Bertz CT molecular complexity index is 348. The molecular formula is C17H29NO. The quantitative estimate of drug-likeness (QED) is 0.764.